The van der Waals surface area contributed by atoms with E-state index in [0.717, 1.165) is 22.3 Å². The maximum atomic E-state index is 13.0. The Balaban J connectivity index is 2.00. The largest absolute Gasteiger partial charge is 0.238 e. The summed E-state index contributed by atoms with van der Waals surface area (Å²) in [6, 6.07) is 9.40. The van der Waals surface area contributed by atoms with Crippen LogP contribution in [0.25, 0.3) is 11.1 Å². The fraction of sp³-hybridized carbons (Fsp3) is 0.118. The van der Waals surface area contributed by atoms with Crippen LogP contribution in [0, 0.1) is 11.9 Å². The molecule has 0 spiro atoms. The van der Waals surface area contributed by atoms with Gasteiger partial charge in [-0.3, -0.25) is 0 Å². The molecule has 0 saturated heterocycles. The van der Waals surface area contributed by atoms with Crippen LogP contribution in [0.5, 0.6) is 0 Å². The second-order valence-corrected chi connectivity index (χ2v) is 7.02. The molecule has 0 fully saturated rings. The number of primary sulfonamides is 1. The molecule has 0 aliphatic heterocycles. The zero-order valence-electron chi connectivity index (χ0n) is 12.4. The summed E-state index contributed by atoms with van der Waals surface area (Å²) in [6.07, 6.45) is 5.63. The Hall–Kier alpha value is -2.31. The molecule has 1 unspecified atom stereocenters. The van der Waals surface area contributed by atoms with Crippen LogP contribution in [0.15, 0.2) is 59.6 Å². The highest BCUT2D eigenvalue weighted by Gasteiger charge is 2.19. The van der Waals surface area contributed by atoms with Gasteiger partial charge in [0.1, 0.15) is 0 Å². The second kappa shape index (κ2) is 5.72. The molecule has 2 aromatic rings. The summed E-state index contributed by atoms with van der Waals surface area (Å²) in [4.78, 5) is 3.76. The normalized spacial score (nSPS) is 17.8. The number of rotatable bonds is 3. The molecule has 6 heteroatoms. The van der Waals surface area contributed by atoms with E-state index in [0.29, 0.717) is 0 Å². The Kier molecular flexibility index (Phi) is 3.87. The van der Waals surface area contributed by atoms with Crippen LogP contribution < -0.4 is 5.14 Å². The minimum atomic E-state index is -3.71. The number of aromatic nitrogens is 1. The van der Waals surface area contributed by atoms with E-state index < -0.39 is 16.0 Å². The average molecular weight is 330 g/mol. The lowest BCUT2D eigenvalue weighted by Crippen LogP contribution is -2.11. The number of hydrogen-bond donors (Lipinski definition) is 1. The molecule has 1 aromatic carbocycles. The van der Waals surface area contributed by atoms with Crippen LogP contribution in [0.3, 0.4) is 0 Å². The fourth-order valence-electron chi connectivity index (χ4n) is 2.62. The van der Waals surface area contributed by atoms with E-state index in [-0.39, 0.29) is 10.8 Å². The first-order chi connectivity index (χ1) is 10.8. The lowest BCUT2D eigenvalue weighted by atomic mass is 9.96. The molecule has 0 amide bonds. The molecule has 0 saturated carbocycles. The van der Waals surface area contributed by atoms with Crippen LogP contribution in [0.4, 0.5) is 4.39 Å². The SMILES string of the molecule is CC1C=C(c2ccc(S(N)(=O)=O)cc2)C(c2ccc(F)nc2)=C1. The highest BCUT2D eigenvalue weighted by Crippen LogP contribution is 2.38. The maximum Gasteiger partial charge on any atom is 0.238 e. The van der Waals surface area contributed by atoms with Crippen molar-refractivity contribution in [3.63, 3.8) is 0 Å². The molecular formula is C17H15FN2O2S. The van der Waals surface area contributed by atoms with E-state index in [1.165, 1.54) is 24.4 Å². The number of nitrogens with two attached hydrogens (primary N) is 1. The molecule has 3 rings (SSSR count). The first-order valence-corrected chi connectivity index (χ1v) is 8.58. The van der Waals surface area contributed by atoms with Gasteiger partial charge in [0.05, 0.1) is 4.90 Å². The highest BCUT2D eigenvalue weighted by molar-refractivity contribution is 7.89. The average Bonchev–Trinajstić information content (AvgIpc) is 2.89. The van der Waals surface area contributed by atoms with Crippen LogP contribution in [-0.4, -0.2) is 13.4 Å². The van der Waals surface area contributed by atoms with Crippen molar-refractivity contribution >= 4 is 21.2 Å². The van der Waals surface area contributed by atoms with Gasteiger partial charge in [0, 0.05) is 11.8 Å². The van der Waals surface area contributed by atoms with Crippen molar-refractivity contribution in [3.05, 3.63) is 71.8 Å². The molecule has 0 radical (unpaired) electrons. The number of nitrogens with zero attached hydrogens (tertiary/aromatic N) is 1. The molecule has 23 heavy (non-hydrogen) atoms. The number of allylic oxidation sites excluding steroid dienone is 4. The van der Waals surface area contributed by atoms with Gasteiger partial charge in [-0.05, 0) is 46.9 Å². The Morgan fingerprint density at radius 3 is 2.09 bits per heavy atom. The van der Waals surface area contributed by atoms with Crippen molar-refractivity contribution in [2.75, 3.05) is 0 Å². The van der Waals surface area contributed by atoms with Gasteiger partial charge in [0.2, 0.25) is 16.0 Å². The van der Waals surface area contributed by atoms with E-state index in [1.807, 2.05) is 6.92 Å². The Bertz CT molecular complexity index is 899. The first-order valence-electron chi connectivity index (χ1n) is 7.04. The Labute approximate surface area is 134 Å². The van der Waals surface area contributed by atoms with Gasteiger partial charge >= 0.3 is 0 Å². The Morgan fingerprint density at radius 2 is 1.57 bits per heavy atom. The summed E-state index contributed by atoms with van der Waals surface area (Å²) in [6.45, 7) is 2.04. The minimum absolute atomic E-state index is 0.0712. The molecule has 4 nitrogen and oxygen atoms in total. The molecular weight excluding hydrogens is 315 g/mol. The van der Waals surface area contributed by atoms with Gasteiger partial charge in [-0.1, -0.05) is 31.2 Å². The fourth-order valence-corrected chi connectivity index (χ4v) is 3.13. The van der Waals surface area contributed by atoms with Crippen molar-refractivity contribution in [3.8, 4) is 0 Å². The zero-order valence-corrected chi connectivity index (χ0v) is 13.2. The third kappa shape index (κ3) is 3.23. The molecule has 1 aliphatic carbocycles. The summed E-state index contributed by atoms with van der Waals surface area (Å²) in [5.41, 5.74) is 3.61. The summed E-state index contributed by atoms with van der Waals surface area (Å²) in [5, 5.41) is 5.12. The third-order valence-electron chi connectivity index (χ3n) is 3.68. The van der Waals surface area contributed by atoms with Crippen molar-refractivity contribution in [2.45, 2.75) is 11.8 Å². The number of halogens is 1. The number of sulfonamides is 1. The second-order valence-electron chi connectivity index (χ2n) is 5.46. The van der Waals surface area contributed by atoms with Crippen LogP contribution >= 0.6 is 0 Å². The summed E-state index contributed by atoms with van der Waals surface area (Å²) < 4.78 is 35.7. The van der Waals surface area contributed by atoms with Crippen molar-refractivity contribution in [1.29, 1.82) is 0 Å². The van der Waals surface area contributed by atoms with Crippen LogP contribution in [-0.2, 0) is 10.0 Å². The van der Waals surface area contributed by atoms with Gasteiger partial charge in [0.15, 0.2) is 0 Å². The van der Waals surface area contributed by atoms with Gasteiger partial charge in [-0.2, -0.15) is 4.39 Å². The summed E-state index contributed by atoms with van der Waals surface area (Å²) >= 11 is 0. The van der Waals surface area contributed by atoms with Crippen molar-refractivity contribution < 1.29 is 12.8 Å². The van der Waals surface area contributed by atoms with Crippen LogP contribution in [0.1, 0.15) is 18.1 Å². The smallest absolute Gasteiger partial charge is 0.228 e. The Morgan fingerprint density at radius 1 is 1.00 bits per heavy atom. The van der Waals surface area contributed by atoms with Gasteiger partial charge in [-0.15, -0.1) is 0 Å². The molecule has 1 heterocycles. The van der Waals surface area contributed by atoms with Gasteiger partial charge in [-0.25, -0.2) is 18.5 Å². The predicted molar refractivity (Wildman–Crippen MR) is 87.1 cm³/mol. The number of pyridine rings is 1. The van der Waals surface area contributed by atoms with Crippen molar-refractivity contribution in [2.24, 2.45) is 11.1 Å². The quantitative estimate of drug-likeness (QED) is 0.879. The highest BCUT2D eigenvalue weighted by atomic mass is 32.2. The monoisotopic (exact) mass is 330 g/mol. The van der Waals surface area contributed by atoms with E-state index in [1.54, 1.807) is 18.2 Å². The van der Waals surface area contributed by atoms with E-state index in [9.17, 15) is 12.8 Å². The lowest BCUT2D eigenvalue weighted by Gasteiger charge is -2.10. The summed E-state index contributed by atoms with van der Waals surface area (Å²) in [5.74, 6) is -0.300. The first kappa shape index (κ1) is 15.6. The summed E-state index contributed by atoms with van der Waals surface area (Å²) in [7, 11) is -3.71. The number of benzene rings is 1. The zero-order chi connectivity index (χ0) is 16.6. The number of hydrogen-bond acceptors (Lipinski definition) is 3. The van der Waals surface area contributed by atoms with Crippen molar-refractivity contribution in [1.82, 2.24) is 4.98 Å². The molecule has 1 aliphatic rings. The minimum Gasteiger partial charge on any atom is -0.228 e. The predicted octanol–water partition coefficient (Wildman–Crippen LogP) is 2.98. The molecule has 0 bridgehead atoms. The molecule has 2 N–H and O–H groups in total. The molecule has 1 atom stereocenters. The van der Waals surface area contributed by atoms with Crippen LogP contribution in [0.2, 0.25) is 0 Å². The standard InChI is InChI=1S/C17H15FN2O2S/c1-11-8-15(12-2-5-14(6-3-12)23(19,21)22)16(9-11)13-4-7-17(18)20-10-13/h2-11H,1H3,(H2,19,21,22). The topological polar surface area (TPSA) is 73.1 Å². The van der Waals surface area contributed by atoms with E-state index >= 15 is 0 Å². The van der Waals surface area contributed by atoms with Gasteiger partial charge < -0.3 is 0 Å². The maximum absolute atomic E-state index is 13.0. The van der Waals surface area contributed by atoms with E-state index in [2.05, 4.69) is 17.1 Å². The lowest BCUT2D eigenvalue weighted by molar-refractivity contribution is 0.583. The molecule has 118 valence electrons. The van der Waals surface area contributed by atoms with Gasteiger partial charge in [0.25, 0.3) is 0 Å². The van der Waals surface area contributed by atoms with E-state index in [4.69, 9.17) is 5.14 Å². The molecule has 1 aromatic heterocycles. The third-order valence-corrected chi connectivity index (χ3v) is 4.61.